The number of hydrogen-bond donors (Lipinski definition) is 4. The number of benzene rings is 2. The molecule has 0 saturated heterocycles. The molecule has 3 rings (SSSR count). The average Bonchev–Trinajstić information content (AvgIpc) is 3.09. The van der Waals surface area contributed by atoms with Gasteiger partial charge in [0, 0.05) is 5.69 Å². The average molecular weight is 386 g/mol. The first-order valence-corrected chi connectivity index (χ1v) is 8.29. The van der Waals surface area contributed by atoms with Gasteiger partial charge in [0.25, 0.3) is 11.8 Å². The normalized spacial score (nSPS) is 20.7. The Morgan fingerprint density at radius 3 is 2.33 bits per heavy atom. The van der Waals surface area contributed by atoms with E-state index >= 15 is 0 Å². The van der Waals surface area contributed by atoms with Crippen LogP contribution in [0.5, 0.6) is 0 Å². The van der Waals surface area contributed by atoms with Gasteiger partial charge >= 0.3 is 0 Å². The molecular weight excluding hydrogens is 370 g/mol. The molecule has 3 amide bonds. The largest absolute Gasteiger partial charge is 0.368 e. The van der Waals surface area contributed by atoms with Crippen molar-refractivity contribution < 1.29 is 14.4 Å². The van der Waals surface area contributed by atoms with Crippen molar-refractivity contribution in [2.24, 2.45) is 16.5 Å². The summed E-state index contributed by atoms with van der Waals surface area (Å²) < 4.78 is 0. The molecule has 9 heteroatoms. The van der Waals surface area contributed by atoms with Crippen LogP contribution in [-0.2, 0) is 15.1 Å². The zero-order chi connectivity index (χ0) is 19.6. The fraction of sp³-hybridized carbons (Fsp3) is 0.111. The fourth-order valence-corrected chi connectivity index (χ4v) is 3.16. The van der Waals surface area contributed by atoms with Gasteiger partial charge in [-0.15, -0.1) is 0 Å². The van der Waals surface area contributed by atoms with E-state index in [2.05, 4.69) is 15.6 Å². The van der Waals surface area contributed by atoms with Gasteiger partial charge in [-0.05, 0) is 29.8 Å². The van der Waals surface area contributed by atoms with Crippen molar-refractivity contribution in [2.45, 2.75) is 11.6 Å². The van der Waals surface area contributed by atoms with Crippen LogP contribution in [0.2, 0.25) is 5.02 Å². The standard InChI is InChI=1S/C18H16ClN5O3/c19-13-4-2-1-3-12(13)16(26)24-11-7-5-10(6-8-11)18(17(21)27)14(15(20)25)22-9-23-18/h1-9,14H,(H2,20,25)(H2,21,27)(H,22,23)(H,24,26). The van der Waals surface area contributed by atoms with Crippen molar-refractivity contribution in [3.63, 3.8) is 0 Å². The highest BCUT2D eigenvalue weighted by atomic mass is 35.5. The minimum Gasteiger partial charge on any atom is -0.368 e. The predicted octanol–water partition coefficient (Wildman–Crippen LogP) is 0.758. The highest BCUT2D eigenvalue weighted by molar-refractivity contribution is 6.34. The molecule has 0 fully saturated rings. The number of aliphatic imine (C=N–C) groups is 1. The number of rotatable bonds is 5. The van der Waals surface area contributed by atoms with Crippen molar-refractivity contribution in [3.05, 3.63) is 64.7 Å². The van der Waals surface area contributed by atoms with Gasteiger partial charge in [0.1, 0.15) is 0 Å². The first-order chi connectivity index (χ1) is 12.9. The maximum atomic E-state index is 12.3. The molecule has 2 aromatic carbocycles. The van der Waals surface area contributed by atoms with Crippen LogP contribution in [0.4, 0.5) is 5.69 Å². The van der Waals surface area contributed by atoms with E-state index in [1.165, 1.54) is 6.34 Å². The number of primary amides is 2. The molecule has 138 valence electrons. The molecule has 0 saturated carbocycles. The number of halogens is 1. The molecule has 0 radical (unpaired) electrons. The van der Waals surface area contributed by atoms with Gasteiger partial charge in [0.15, 0.2) is 11.6 Å². The van der Waals surface area contributed by atoms with Crippen LogP contribution in [0.3, 0.4) is 0 Å². The Hall–Kier alpha value is -3.39. The van der Waals surface area contributed by atoms with Crippen LogP contribution in [0.15, 0.2) is 53.5 Å². The molecule has 6 N–H and O–H groups in total. The van der Waals surface area contributed by atoms with Crippen LogP contribution in [0.1, 0.15) is 15.9 Å². The molecule has 0 aromatic heterocycles. The number of nitrogens with two attached hydrogens (primary N) is 2. The highest BCUT2D eigenvalue weighted by Gasteiger charge is 2.51. The molecule has 0 aliphatic carbocycles. The number of nitrogens with zero attached hydrogens (tertiary/aromatic N) is 1. The summed E-state index contributed by atoms with van der Waals surface area (Å²) >= 11 is 6.02. The van der Waals surface area contributed by atoms with Gasteiger partial charge in [-0.1, -0.05) is 35.9 Å². The third kappa shape index (κ3) is 3.22. The van der Waals surface area contributed by atoms with Crippen LogP contribution in [0, 0.1) is 0 Å². The van der Waals surface area contributed by atoms with Gasteiger partial charge in [-0.2, -0.15) is 0 Å². The Morgan fingerprint density at radius 2 is 1.74 bits per heavy atom. The van der Waals surface area contributed by atoms with Crippen molar-refractivity contribution in [1.82, 2.24) is 5.32 Å². The summed E-state index contributed by atoms with van der Waals surface area (Å²) in [6.45, 7) is 0. The molecule has 0 spiro atoms. The van der Waals surface area contributed by atoms with Crippen LogP contribution in [0.25, 0.3) is 0 Å². The third-order valence-corrected chi connectivity index (χ3v) is 4.63. The molecule has 8 nitrogen and oxygen atoms in total. The van der Waals surface area contributed by atoms with E-state index in [0.29, 0.717) is 21.8 Å². The van der Waals surface area contributed by atoms with Crippen molar-refractivity contribution in [2.75, 3.05) is 5.32 Å². The molecule has 2 aromatic rings. The van der Waals surface area contributed by atoms with Crippen LogP contribution < -0.4 is 22.1 Å². The van der Waals surface area contributed by atoms with E-state index in [4.69, 9.17) is 23.1 Å². The summed E-state index contributed by atoms with van der Waals surface area (Å²) in [6.07, 6.45) is 1.23. The van der Waals surface area contributed by atoms with Crippen LogP contribution in [-0.4, -0.2) is 30.1 Å². The van der Waals surface area contributed by atoms with E-state index < -0.39 is 23.4 Å². The molecule has 0 bridgehead atoms. The van der Waals surface area contributed by atoms with Gasteiger partial charge in [0.2, 0.25) is 5.91 Å². The number of anilines is 1. The van der Waals surface area contributed by atoms with Gasteiger partial charge < -0.3 is 22.1 Å². The first-order valence-electron chi connectivity index (χ1n) is 7.91. The van der Waals surface area contributed by atoms with E-state index in [-0.39, 0.29) is 5.91 Å². The van der Waals surface area contributed by atoms with E-state index in [1.54, 1.807) is 48.5 Å². The second-order valence-electron chi connectivity index (χ2n) is 5.91. The number of hydrogen-bond acceptors (Lipinski definition) is 5. The van der Waals surface area contributed by atoms with Crippen molar-refractivity contribution in [3.8, 4) is 0 Å². The highest BCUT2D eigenvalue weighted by Crippen LogP contribution is 2.31. The van der Waals surface area contributed by atoms with Gasteiger partial charge in [0.05, 0.1) is 16.9 Å². The Balaban J connectivity index is 1.86. The molecule has 1 aliphatic rings. The lowest BCUT2D eigenvalue weighted by molar-refractivity contribution is -0.130. The second kappa shape index (κ2) is 7.08. The van der Waals surface area contributed by atoms with Crippen molar-refractivity contribution >= 4 is 41.3 Å². The number of amides is 3. The molecule has 27 heavy (non-hydrogen) atoms. The maximum absolute atomic E-state index is 12.3. The summed E-state index contributed by atoms with van der Waals surface area (Å²) in [6, 6.07) is 11.8. The summed E-state index contributed by atoms with van der Waals surface area (Å²) in [5.41, 5.74) is 10.5. The molecular formula is C18H16ClN5O3. The minimum absolute atomic E-state index is 0.330. The summed E-state index contributed by atoms with van der Waals surface area (Å²) in [7, 11) is 0. The van der Waals surface area contributed by atoms with Gasteiger partial charge in [-0.3, -0.25) is 19.4 Å². The molecule has 1 heterocycles. The first kappa shape index (κ1) is 18.4. The van der Waals surface area contributed by atoms with Gasteiger partial charge in [-0.25, -0.2) is 0 Å². The zero-order valence-corrected chi connectivity index (χ0v) is 14.7. The van der Waals surface area contributed by atoms with E-state index in [9.17, 15) is 14.4 Å². The molecule has 2 atom stereocenters. The topological polar surface area (TPSA) is 140 Å². The lowest BCUT2D eigenvalue weighted by Crippen LogP contribution is -2.59. The second-order valence-corrected chi connectivity index (χ2v) is 6.32. The number of carbonyl (C=O) groups is 3. The maximum Gasteiger partial charge on any atom is 0.257 e. The predicted molar refractivity (Wildman–Crippen MR) is 101 cm³/mol. The lowest BCUT2D eigenvalue weighted by Gasteiger charge is -2.30. The smallest absolute Gasteiger partial charge is 0.257 e. The summed E-state index contributed by atoms with van der Waals surface area (Å²) in [5.74, 6) is -1.96. The quantitative estimate of drug-likeness (QED) is 0.603. The minimum atomic E-state index is -1.57. The number of nitrogens with one attached hydrogen (secondary N) is 2. The molecule has 1 aliphatic heterocycles. The SMILES string of the molecule is NC(=O)C1N=CNC1(C(N)=O)c1ccc(NC(=O)c2ccccc2Cl)cc1. The zero-order valence-electron chi connectivity index (χ0n) is 14.0. The Labute approximate surface area is 159 Å². The lowest BCUT2D eigenvalue weighted by atomic mass is 9.82. The van der Waals surface area contributed by atoms with E-state index in [0.717, 1.165) is 0 Å². The Kier molecular flexibility index (Phi) is 4.83. The van der Waals surface area contributed by atoms with Crippen LogP contribution >= 0.6 is 11.6 Å². The fourth-order valence-electron chi connectivity index (χ4n) is 2.94. The Bertz CT molecular complexity index is 944. The summed E-state index contributed by atoms with van der Waals surface area (Å²) in [5, 5.41) is 5.78. The van der Waals surface area contributed by atoms with E-state index in [1.807, 2.05) is 0 Å². The number of carbonyl (C=O) groups excluding carboxylic acids is 3. The Morgan fingerprint density at radius 1 is 1.07 bits per heavy atom. The third-order valence-electron chi connectivity index (χ3n) is 4.30. The summed E-state index contributed by atoms with van der Waals surface area (Å²) in [4.78, 5) is 40.0. The molecule has 2 unspecified atom stereocenters. The van der Waals surface area contributed by atoms with Crippen molar-refractivity contribution in [1.29, 1.82) is 0 Å². The monoisotopic (exact) mass is 385 g/mol.